The van der Waals surface area contributed by atoms with E-state index in [-0.39, 0.29) is 17.5 Å². The van der Waals surface area contributed by atoms with Crippen LogP contribution >= 0.6 is 0 Å². The van der Waals surface area contributed by atoms with Gasteiger partial charge in [-0.2, -0.15) is 0 Å². The highest BCUT2D eigenvalue weighted by Crippen LogP contribution is 2.10. The van der Waals surface area contributed by atoms with Crippen LogP contribution in [0.2, 0.25) is 0 Å². The number of halogens is 2. The molecule has 6 nitrogen and oxygen atoms in total. The first kappa shape index (κ1) is 27.7. The number of nitrogens with two attached hydrogens (primary N) is 1. The second kappa shape index (κ2) is 15.4. The van der Waals surface area contributed by atoms with Gasteiger partial charge in [-0.3, -0.25) is 20.2 Å². The number of pyridine rings is 1. The molecule has 0 radical (unpaired) electrons. The van der Waals surface area contributed by atoms with Crippen LogP contribution in [0.1, 0.15) is 54.0 Å². The summed E-state index contributed by atoms with van der Waals surface area (Å²) in [6, 6.07) is 2.99. The maximum atomic E-state index is 12.3. The van der Waals surface area contributed by atoms with Gasteiger partial charge in [0.2, 0.25) is 6.41 Å². The largest absolute Gasteiger partial charge is 0.372 e. The van der Waals surface area contributed by atoms with E-state index in [1.165, 1.54) is 12.3 Å². The number of amides is 1. The van der Waals surface area contributed by atoms with Crippen molar-refractivity contribution in [3.63, 3.8) is 0 Å². The molecule has 1 aromatic rings. The molecule has 0 bridgehead atoms. The van der Waals surface area contributed by atoms with Crippen LogP contribution in [0.25, 0.3) is 0 Å². The lowest BCUT2D eigenvalue weighted by molar-refractivity contribution is -0.106. The molecule has 0 unspecified atom stereocenters. The van der Waals surface area contributed by atoms with Gasteiger partial charge >= 0.3 is 0 Å². The predicted octanol–water partition coefficient (Wildman–Crippen LogP) is 3.53. The van der Waals surface area contributed by atoms with E-state index >= 15 is 0 Å². The molecule has 0 fully saturated rings. The zero-order valence-corrected chi connectivity index (χ0v) is 16.2. The second-order valence-corrected chi connectivity index (χ2v) is 5.01. The molecule has 1 rings (SSSR count). The lowest BCUT2D eigenvalue weighted by atomic mass is 10.2. The number of nitrogens with zero attached hydrogens (tertiary/aromatic N) is 1. The summed E-state index contributed by atoms with van der Waals surface area (Å²) in [5.74, 6) is -0.900. The number of primary amides is 1. The highest BCUT2D eigenvalue weighted by Gasteiger charge is 2.14. The summed E-state index contributed by atoms with van der Waals surface area (Å²) >= 11 is 0. The number of aromatic nitrogens is 1. The summed E-state index contributed by atoms with van der Waals surface area (Å²) in [7, 11) is 0. The van der Waals surface area contributed by atoms with Crippen molar-refractivity contribution in [2.75, 3.05) is 0 Å². The number of ether oxygens (including phenoxy) is 1. The Balaban J connectivity index is -0.000000605. The van der Waals surface area contributed by atoms with Crippen LogP contribution in [0.4, 0.5) is 8.78 Å². The lowest BCUT2D eigenvalue weighted by Gasteiger charge is -2.19. The van der Waals surface area contributed by atoms with E-state index in [2.05, 4.69) is 5.73 Å². The quantitative estimate of drug-likeness (QED) is 0.435. The fraction of sp³-hybridized carbons (Fsp3) is 0.588. The van der Waals surface area contributed by atoms with Crippen molar-refractivity contribution >= 4 is 12.2 Å². The summed E-state index contributed by atoms with van der Waals surface area (Å²) in [5.41, 5.74) is 4.42. The number of hydrogen-bond acceptors (Lipinski definition) is 4. The molecule has 0 aliphatic heterocycles. The van der Waals surface area contributed by atoms with E-state index in [9.17, 15) is 8.78 Å². The molecule has 0 aliphatic rings. The Kier molecular flexibility index (Phi) is 17.1. The summed E-state index contributed by atoms with van der Waals surface area (Å²) < 4.78 is 31.1. The average molecular weight is 362 g/mol. The van der Waals surface area contributed by atoms with Gasteiger partial charge in [0.1, 0.15) is 5.49 Å². The molecule has 25 heavy (non-hydrogen) atoms. The minimum Gasteiger partial charge on any atom is -0.372 e. The van der Waals surface area contributed by atoms with Crippen molar-refractivity contribution in [3.05, 3.63) is 29.4 Å². The van der Waals surface area contributed by atoms with Crippen LogP contribution in [0.15, 0.2) is 18.3 Å². The van der Waals surface area contributed by atoms with Crippen LogP contribution in [0.3, 0.4) is 0 Å². The number of nitrogens with one attached hydrogen (secondary N) is 2. The van der Waals surface area contributed by atoms with Crippen LogP contribution in [0, 0.1) is 10.8 Å². The third-order valence-corrected chi connectivity index (χ3v) is 2.16. The Morgan fingerprint density at radius 2 is 1.76 bits per heavy atom. The highest BCUT2D eigenvalue weighted by atomic mass is 19.3. The van der Waals surface area contributed by atoms with Crippen molar-refractivity contribution in [3.8, 4) is 0 Å². The van der Waals surface area contributed by atoms with Crippen LogP contribution in [0.5, 0.6) is 0 Å². The molecular formula is C17H32F2N4O2. The van der Waals surface area contributed by atoms with E-state index in [0.717, 1.165) is 4.57 Å². The minimum atomic E-state index is -2.89. The molecule has 1 aromatic heterocycles. The van der Waals surface area contributed by atoms with Gasteiger partial charge in [-0.25, -0.2) is 8.78 Å². The smallest absolute Gasteiger partial charge is 0.295 e. The lowest BCUT2D eigenvalue weighted by Crippen LogP contribution is -2.30. The van der Waals surface area contributed by atoms with Crippen LogP contribution < -0.4 is 11.2 Å². The number of carbonyl (C=O) groups excluding carboxylic acids is 1. The number of carbonyl (C=O) groups is 1. The van der Waals surface area contributed by atoms with E-state index in [0.29, 0.717) is 12.2 Å². The molecule has 1 amide bonds. The number of alkyl halides is 2. The van der Waals surface area contributed by atoms with Gasteiger partial charge < -0.3 is 10.5 Å². The van der Waals surface area contributed by atoms with E-state index in [4.69, 9.17) is 20.3 Å². The topological polar surface area (TPSA) is 105 Å². The van der Waals surface area contributed by atoms with Gasteiger partial charge in [-0.05, 0) is 38.5 Å². The SMILES string of the molecule is CC.CC.CC(C)(C)OCc1ccn(C(=N)C(F)F)c(=N)c1.NC=O. The zero-order chi connectivity index (χ0) is 20.6. The molecule has 4 N–H and O–H groups in total. The van der Waals surface area contributed by atoms with E-state index in [1.54, 1.807) is 6.07 Å². The van der Waals surface area contributed by atoms with Crippen molar-refractivity contribution in [1.82, 2.24) is 4.57 Å². The maximum absolute atomic E-state index is 12.3. The Labute approximate surface area is 149 Å². The molecule has 0 saturated carbocycles. The zero-order valence-electron chi connectivity index (χ0n) is 16.2. The first-order valence-electron chi connectivity index (χ1n) is 8.05. The Bertz CT molecular complexity index is 538. The average Bonchev–Trinajstić information content (AvgIpc) is 2.56. The number of rotatable bonds is 3. The highest BCUT2D eigenvalue weighted by molar-refractivity contribution is 5.84. The predicted molar refractivity (Wildman–Crippen MR) is 96.9 cm³/mol. The first-order chi connectivity index (χ1) is 11.6. The first-order valence-corrected chi connectivity index (χ1v) is 8.05. The van der Waals surface area contributed by atoms with Crippen molar-refractivity contribution in [2.24, 2.45) is 5.73 Å². The normalized spacial score (nSPS) is 9.52. The van der Waals surface area contributed by atoms with E-state index in [1.807, 2.05) is 48.5 Å². The van der Waals surface area contributed by atoms with Gasteiger partial charge in [-0.15, -0.1) is 0 Å². The van der Waals surface area contributed by atoms with Crippen molar-refractivity contribution < 1.29 is 18.3 Å². The Morgan fingerprint density at radius 3 is 2.08 bits per heavy atom. The van der Waals surface area contributed by atoms with Crippen molar-refractivity contribution in [2.45, 2.75) is 67.1 Å². The molecule has 0 aromatic carbocycles. The monoisotopic (exact) mass is 362 g/mol. The summed E-state index contributed by atoms with van der Waals surface area (Å²) in [5, 5.41) is 14.8. The molecule has 0 spiro atoms. The Hall–Kier alpha value is -2.09. The third-order valence-electron chi connectivity index (χ3n) is 2.16. The minimum absolute atomic E-state index is 0.157. The Morgan fingerprint density at radius 1 is 1.32 bits per heavy atom. The molecule has 146 valence electrons. The fourth-order valence-corrected chi connectivity index (χ4v) is 1.25. The van der Waals surface area contributed by atoms with Gasteiger partial charge in [0.25, 0.3) is 6.43 Å². The van der Waals surface area contributed by atoms with E-state index < -0.39 is 12.3 Å². The standard InChI is InChI=1S/C12H17F2N3O.2C2H6.CH3NO/c1-12(2,3)18-7-8-4-5-17(9(15)6-8)11(16)10(13)14;2*1-2;2-1-3/h4-6,10,15-16H,7H2,1-3H3;2*1-2H3;1H,(H2,2,3). The molecule has 1 heterocycles. The number of hydrogen-bond donors (Lipinski definition) is 3. The maximum Gasteiger partial charge on any atom is 0.295 e. The fourth-order valence-electron chi connectivity index (χ4n) is 1.25. The molecular weight excluding hydrogens is 330 g/mol. The van der Waals surface area contributed by atoms with Crippen molar-refractivity contribution in [1.29, 1.82) is 10.8 Å². The summed E-state index contributed by atoms with van der Waals surface area (Å²) in [4.78, 5) is 8.58. The third kappa shape index (κ3) is 14.0. The summed E-state index contributed by atoms with van der Waals surface area (Å²) in [6.07, 6.45) is -1.35. The summed E-state index contributed by atoms with van der Waals surface area (Å²) in [6.45, 7) is 14.0. The second-order valence-electron chi connectivity index (χ2n) is 5.01. The van der Waals surface area contributed by atoms with Crippen LogP contribution in [-0.2, 0) is 16.1 Å². The van der Waals surface area contributed by atoms with Gasteiger partial charge in [0, 0.05) is 6.20 Å². The molecule has 0 atom stereocenters. The molecule has 0 aliphatic carbocycles. The molecule has 8 heteroatoms. The van der Waals surface area contributed by atoms with Gasteiger partial charge in [-0.1, -0.05) is 27.7 Å². The van der Waals surface area contributed by atoms with Crippen LogP contribution in [-0.4, -0.2) is 28.8 Å². The molecule has 0 saturated heterocycles. The van der Waals surface area contributed by atoms with Gasteiger partial charge in [0.05, 0.1) is 12.2 Å². The van der Waals surface area contributed by atoms with Gasteiger partial charge in [0.15, 0.2) is 5.84 Å².